The summed E-state index contributed by atoms with van der Waals surface area (Å²) < 4.78 is 32.1. The normalized spacial score (nSPS) is 20.6. The van der Waals surface area contributed by atoms with E-state index in [2.05, 4.69) is 31.8 Å². The SMILES string of the molecule is Cc1noc(C(C)N2CCN(c3ccc(S(=O)(=O)N4CCCC4)cn3)CC2)n1. The first-order valence-corrected chi connectivity index (χ1v) is 11.1. The van der Waals surface area contributed by atoms with Gasteiger partial charge in [-0.3, -0.25) is 4.90 Å². The third-order valence-corrected chi connectivity index (χ3v) is 7.39. The van der Waals surface area contributed by atoms with Crippen molar-refractivity contribution < 1.29 is 12.9 Å². The lowest BCUT2D eigenvalue weighted by atomic mass is 10.2. The number of nitrogens with zero attached hydrogens (tertiary/aromatic N) is 6. The number of hydrogen-bond donors (Lipinski definition) is 0. The molecule has 1 unspecified atom stereocenters. The average molecular weight is 407 g/mol. The summed E-state index contributed by atoms with van der Waals surface area (Å²) >= 11 is 0. The Morgan fingerprint density at radius 1 is 1.07 bits per heavy atom. The molecule has 2 aromatic heterocycles. The molecule has 4 rings (SSSR count). The Hall–Kier alpha value is -2.04. The third-order valence-electron chi connectivity index (χ3n) is 5.51. The van der Waals surface area contributed by atoms with Gasteiger partial charge in [-0.25, -0.2) is 13.4 Å². The summed E-state index contributed by atoms with van der Waals surface area (Å²) in [4.78, 5) is 13.5. The van der Waals surface area contributed by atoms with E-state index in [1.165, 1.54) is 6.20 Å². The molecule has 10 heteroatoms. The molecular weight excluding hydrogens is 380 g/mol. The lowest BCUT2D eigenvalue weighted by Gasteiger charge is -2.37. The summed E-state index contributed by atoms with van der Waals surface area (Å²) in [5, 5.41) is 3.87. The molecule has 0 spiro atoms. The van der Waals surface area contributed by atoms with Gasteiger partial charge in [0.1, 0.15) is 10.7 Å². The Bertz CT molecular complexity index is 900. The van der Waals surface area contributed by atoms with E-state index in [0.717, 1.165) is 44.8 Å². The van der Waals surface area contributed by atoms with Gasteiger partial charge in [-0.2, -0.15) is 9.29 Å². The second kappa shape index (κ2) is 7.76. The second-order valence-corrected chi connectivity index (χ2v) is 9.28. The van der Waals surface area contributed by atoms with E-state index in [0.29, 0.717) is 24.8 Å². The first-order valence-electron chi connectivity index (χ1n) is 9.70. The quantitative estimate of drug-likeness (QED) is 0.736. The van der Waals surface area contributed by atoms with E-state index in [1.54, 1.807) is 10.4 Å². The maximum absolute atomic E-state index is 12.6. The van der Waals surface area contributed by atoms with E-state index in [9.17, 15) is 8.42 Å². The largest absolute Gasteiger partial charge is 0.354 e. The van der Waals surface area contributed by atoms with Gasteiger partial charge >= 0.3 is 0 Å². The molecule has 2 aliphatic heterocycles. The van der Waals surface area contributed by atoms with Crippen LogP contribution in [-0.4, -0.2) is 72.0 Å². The molecule has 0 aromatic carbocycles. The van der Waals surface area contributed by atoms with Gasteiger partial charge in [-0.05, 0) is 38.8 Å². The molecule has 28 heavy (non-hydrogen) atoms. The number of piperazine rings is 1. The summed E-state index contributed by atoms with van der Waals surface area (Å²) in [5.74, 6) is 2.09. The van der Waals surface area contributed by atoms with Gasteiger partial charge in [0.2, 0.25) is 15.9 Å². The minimum atomic E-state index is -3.41. The molecule has 1 atom stereocenters. The lowest BCUT2D eigenvalue weighted by Crippen LogP contribution is -2.47. The summed E-state index contributed by atoms with van der Waals surface area (Å²) in [6.45, 7) is 8.39. The number of hydrogen-bond acceptors (Lipinski definition) is 8. The maximum atomic E-state index is 12.6. The molecule has 9 nitrogen and oxygen atoms in total. The molecule has 2 aliphatic rings. The van der Waals surface area contributed by atoms with Gasteiger partial charge in [-0.1, -0.05) is 5.16 Å². The summed E-state index contributed by atoms with van der Waals surface area (Å²) in [7, 11) is -3.41. The number of aromatic nitrogens is 3. The van der Waals surface area contributed by atoms with Crippen LogP contribution in [0.15, 0.2) is 27.7 Å². The molecule has 0 aliphatic carbocycles. The van der Waals surface area contributed by atoms with E-state index in [-0.39, 0.29) is 10.9 Å². The van der Waals surface area contributed by atoms with Crippen LogP contribution in [0.2, 0.25) is 0 Å². The highest BCUT2D eigenvalue weighted by atomic mass is 32.2. The molecule has 0 saturated carbocycles. The molecule has 2 aromatic rings. The molecule has 4 heterocycles. The van der Waals surface area contributed by atoms with Crippen LogP contribution in [0.5, 0.6) is 0 Å². The smallest absolute Gasteiger partial charge is 0.244 e. The van der Waals surface area contributed by atoms with Gasteiger partial charge < -0.3 is 9.42 Å². The van der Waals surface area contributed by atoms with Crippen LogP contribution in [0.3, 0.4) is 0 Å². The van der Waals surface area contributed by atoms with Crippen molar-refractivity contribution in [2.75, 3.05) is 44.2 Å². The van der Waals surface area contributed by atoms with Crippen molar-refractivity contribution in [3.63, 3.8) is 0 Å². The zero-order chi connectivity index (χ0) is 19.7. The minimum absolute atomic E-state index is 0.0734. The number of aryl methyl sites for hydroxylation is 1. The molecule has 0 radical (unpaired) electrons. The first-order chi connectivity index (χ1) is 13.4. The van der Waals surface area contributed by atoms with E-state index in [4.69, 9.17) is 4.52 Å². The fourth-order valence-corrected chi connectivity index (χ4v) is 5.23. The van der Waals surface area contributed by atoms with Crippen LogP contribution in [0.25, 0.3) is 0 Å². The molecule has 0 bridgehead atoms. The predicted octanol–water partition coefficient (Wildman–Crippen LogP) is 1.44. The lowest BCUT2D eigenvalue weighted by molar-refractivity contribution is 0.164. The van der Waals surface area contributed by atoms with Gasteiger partial charge in [0, 0.05) is 45.5 Å². The van der Waals surface area contributed by atoms with Crippen molar-refractivity contribution in [2.45, 2.75) is 37.6 Å². The highest BCUT2D eigenvalue weighted by molar-refractivity contribution is 7.89. The van der Waals surface area contributed by atoms with Gasteiger partial charge in [0.15, 0.2) is 5.82 Å². The van der Waals surface area contributed by atoms with Crippen molar-refractivity contribution in [1.29, 1.82) is 0 Å². The molecule has 0 amide bonds. The highest BCUT2D eigenvalue weighted by Gasteiger charge is 2.29. The van der Waals surface area contributed by atoms with E-state index >= 15 is 0 Å². The molecule has 0 N–H and O–H groups in total. The molecule has 2 saturated heterocycles. The highest BCUT2D eigenvalue weighted by Crippen LogP contribution is 2.24. The monoisotopic (exact) mass is 406 g/mol. The van der Waals surface area contributed by atoms with Crippen LogP contribution in [0.1, 0.15) is 37.5 Å². The summed E-state index contributed by atoms with van der Waals surface area (Å²) in [6, 6.07) is 3.56. The van der Waals surface area contributed by atoms with Crippen molar-refractivity contribution in [2.24, 2.45) is 0 Å². The zero-order valence-electron chi connectivity index (χ0n) is 16.3. The Morgan fingerprint density at radius 3 is 2.36 bits per heavy atom. The van der Waals surface area contributed by atoms with Crippen LogP contribution >= 0.6 is 0 Å². The van der Waals surface area contributed by atoms with Crippen molar-refractivity contribution in [1.82, 2.24) is 24.3 Å². The number of pyridine rings is 1. The fourth-order valence-electron chi connectivity index (χ4n) is 3.77. The Kier molecular flexibility index (Phi) is 5.35. The number of rotatable bonds is 5. The molecule has 2 fully saturated rings. The number of sulfonamides is 1. The van der Waals surface area contributed by atoms with E-state index in [1.807, 2.05) is 13.0 Å². The van der Waals surface area contributed by atoms with Crippen molar-refractivity contribution >= 4 is 15.8 Å². The van der Waals surface area contributed by atoms with Crippen LogP contribution in [-0.2, 0) is 10.0 Å². The van der Waals surface area contributed by atoms with Crippen LogP contribution in [0, 0.1) is 6.92 Å². The van der Waals surface area contributed by atoms with Gasteiger partial charge in [0.05, 0.1) is 6.04 Å². The summed E-state index contributed by atoms with van der Waals surface area (Å²) in [6.07, 6.45) is 3.34. The standard InChI is InChI=1S/C18H26N6O3S/c1-14(18-20-15(2)21-27-18)22-9-11-23(12-10-22)17-6-5-16(13-19-17)28(25,26)24-7-3-4-8-24/h5-6,13-14H,3-4,7-12H2,1-2H3. The number of anilines is 1. The topological polar surface area (TPSA) is 95.7 Å². The van der Waals surface area contributed by atoms with Gasteiger partial charge in [0.25, 0.3) is 0 Å². The van der Waals surface area contributed by atoms with Crippen molar-refractivity contribution in [3.8, 4) is 0 Å². The third kappa shape index (κ3) is 3.76. The van der Waals surface area contributed by atoms with Gasteiger partial charge in [-0.15, -0.1) is 0 Å². The maximum Gasteiger partial charge on any atom is 0.244 e. The fraction of sp³-hybridized carbons (Fsp3) is 0.611. The predicted molar refractivity (Wildman–Crippen MR) is 103 cm³/mol. The van der Waals surface area contributed by atoms with Crippen LogP contribution < -0.4 is 4.90 Å². The Balaban J connectivity index is 1.38. The van der Waals surface area contributed by atoms with E-state index < -0.39 is 10.0 Å². The summed E-state index contributed by atoms with van der Waals surface area (Å²) in [5.41, 5.74) is 0. The molecule has 152 valence electrons. The Labute approximate surface area is 165 Å². The average Bonchev–Trinajstić information content (AvgIpc) is 3.40. The second-order valence-electron chi connectivity index (χ2n) is 7.34. The van der Waals surface area contributed by atoms with Crippen molar-refractivity contribution in [3.05, 3.63) is 30.0 Å². The first kappa shape index (κ1) is 19.3. The minimum Gasteiger partial charge on any atom is -0.354 e. The zero-order valence-corrected chi connectivity index (χ0v) is 17.1. The Morgan fingerprint density at radius 2 is 1.79 bits per heavy atom. The molecular formula is C18H26N6O3S. The van der Waals surface area contributed by atoms with Crippen LogP contribution in [0.4, 0.5) is 5.82 Å².